The lowest BCUT2D eigenvalue weighted by molar-refractivity contribution is 0.872. The molecule has 0 aliphatic rings. The molecule has 1 unspecified atom stereocenters. The summed E-state index contributed by atoms with van der Waals surface area (Å²) in [6.45, 7) is 3.90. The molecule has 0 aliphatic carbocycles. The maximum Gasteiger partial charge on any atom is 0.127 e. The van der Waals surface area contributed by atoms with E-state index >= 15 is 0 Å². The van der Waals surface area contributed by atoms with Gasteiger partial charge in [-0.1, -0.05) is 41.5 Å². The molecule has 1 aromatic heterocycles. The van der Waals surface area contributed by atoms with E-state index in [1.54, 1.807) is 6.07 Å². The van der Waals surface area contributed by atoms with Crippen molar-refractivity contribution in [1.82, 2.24) is 4.98 Å². The highest BCUT2D eigenvalue weighted by atomic mass is 35.5. The molecule has 110 valence electrons. The molecule has 2 rings (SSSR count). The van der Waals surface area contributed by atoms with E-state index in [9.17, 15) is 0 Å². The molecule has 1 atom stereocenters. The Morgan fingerprint density at radius 2 is 2.00 bits per heavy atom. The van der Waals surface area contributed by atoms with E-state index in [2.05, 4.69) is 10.3 Å². The van der Waals surface area contributed by atoms with Crippen molar-refractivity contribution in [2.24, 2.45) is 5.73 Å². The Bertz CT molecular complexity index is 689. The van der Waals surface area contributed by atoms with E-state index in [-0.39, 0.29) is 6.04 Å². The number of nitrogens with zero attached hydrogens (tertiary/aromatic N) is 1. The van der Waals surface area contributed by atoms with Gasteiger partial charge >= 0.3 is 0 Å². The third-order valence-electron chi connectivity index (χ3n) is 3.03. The van der Waals surface area contributed by atoms with Crippen LogP contribution in [0.1, 0.15) is 29.8 Å². The van der Waals surface area contributed by atoms with Gasteiger partial charge in [-0.25, -0.2) is 4.98 Å². The summed E-state index contributed by atoms with van der Waals surface area (Å²) >= 11 is 17.1. The van der Waals surface area contributed by atoms with Crippen LogP contribution in [0, 0.1) is 6.92 Å². The van der Waals surface area contributed by atoms with Gasteiger partial charge in [-0.05, 0) is 43.7 Å². The Labute approximate surface area is 139 Å². The maximum absolute atomic E-state index is 6.22. The normalized spacial score (nSPS) is 12.0. The van der Waals surface area contributed by atoms with Gasteiger partial charge in [0.2, 0.25) is 0 Å². The van der Waals surface area contributed by atoms with Gasteiger partial charge in [0, 0.05) is 21.3 Å². The van der Waals surface area contributed by atoms with Crippen molar-refractivity contribution in [3.63, 3.8) is 0 Å². The number of thiocarbonyl (C=S) groups is 1. The van der Waals surface area contributed by atoms with Gasteiger partial charge in [-0.2, -0.15) is 0 Å². The number of aryl methyl sites for hydroxylation is 1. The van der Waals surface area contributed by atoms with E-state index in [1.165, 1.54) is 0 Å². The second-order valence-corrected chi connectivity index (χ2v) is 6.06. The topological polar surface area (TPSA) is 50.9 Å². The molecular weight excluding hydrogens is 325 g/mol. The fourth-order valence-electron chi connectivity index (χ4n) is 2.04. The van der Waals surface area contributed by atoms with Crippen molar-refractivity contribution in [3.05, 3.63) is 57.2 Å². The van der Waals surface area contributed by atoms with Crippen LogP contribution in [0.2, 0.25) is 10.0 Å². The second-order valence-electron chi connectivity index (χ2n) is 4.78. The van der Waals surface area contributed by atoms with Crippen LogP contribution in [0.4, 0.5) is 5.82 Å². The van der Waals surface area contributed by atoms with Crippen LogP contribution in [0.3, 0.4) is 0 Å². The smallest absolute Gasteiger partial charge is 0.127 e. The van der Waals surface area contributed by atoms with Crippen LogP contribution in [-0.2, 0) is 0 Å². The Kier molecular flexibility index (Phi) is 5.04. The largest absolute Gasteiger partial charge is 0.389 e. The second kappa shape index (κ2) is 6.60. The van der Waals surface area contributed by atoms with Crippen LogP contribution in [0.15, 0.2) is 30.3 Å². The monoisotopic (exact) mass is 339 g/mol. The minimum absolute atomic E-state index is 0.0248. The lowest BCUT2D eigenvalue weighted by Crippen LogP contribution is -2.13. The molecule has 0 fully saturated rings. The zero-order valence-corrected chi connectivity index (χ0v) is 14.0. The first-order valence-electron chi connectivity index (χ1n) is 6.37. The molecule has 0 spiro atoms. The van der Waals surface area contributed by atoms with Crippen molar-refractivity contribution >= 4 is 46.2 Å². The van der Waals surface area contributed by atoms with E-state index in [4.69, 9.17) is 41.2 Å². The summed E-state index contributed by atoms with van der Waals surface area (Å²) in [7, 11) is 0. The molecule has 1 heterocycles. The van der Waals surface area contributed by atoms with Crippen LogP contribution >= 0.6 is 35.4 Å². The molecule has 3 N–H and O–H groups in total. The number of aromatic nitrogens is 1. The van der Waals surface area contributed by atoms with Crippen LogP contribution in [-0.4, -0.2) is 9.97 Å². The SMILES string of the molecule is Cc1cc(C(N)=S)cc(NC(C)c2ccc(Cl)cc2Cl)n1. The molecule has 0 radical (unpaired) electrons. The van der Waals surface area contributed by atoms with Crippen molar-refractivity contribution in [1.29, 1.82) is 0 Å². The van der Waals surface area contributed by atoms with Gasteiger partial charge in [0.15, 0.2) is 0 Å². The van der Waals surface area contributed by atoms with Crippen LogP contribution in [0.25, 0.3) is 0 Å². The first-order chi connectivity index (χ1) is 9.86. The molecule has 2 aromatic rings. The molecule has 0 saturated carbocycles. The predicted octanol–water partition coefficient (Wildman–Crippen LogP) is 4.50. The van der Waals surface area contributed by atoms with Crippen molar-refractivity contribution < 1.29 is 0 Å². The zero-order chi connectivity index (χ0) is 15.6. The summed E-state index contributed by atoms with van der Waals surface area (Å²) < 4.78 is 0. The van der Waals surface area contributed by atoms with E-state index in [0.717, 1.165) is 16.8 Å². The van der Waals surface area contributed by atoms with Crippen molar-refractivity contribution in [2.45, 2.75) is 19.9 Å². The van der Waals surface area contributed by atoms with E-state index in [1.807, 2.05) is 38.1 Å². The number of rotatable bonds is 4. The van der Waals surface area contributed by atoms with Crippen LogP contribution < -0.4 is 11.1 Å². The summed E-state index contributed by atoms with van der Waals surface area (Å²) in [4.78, 5) is 4.78. The summed E-state index contributed by atoms with van der Waals surface area (Å²) in [6.07, 6.45) is 0. The van der Waals surface area contributed by atoms with Gasteiger partial charge < -0.3 is 11.1 Å². The minimum Gasteiger partial charge on any atom is -0.389 e. The van der Waals surface area contributed by atoms with Crippen molar-refractivity contribution in [2.75, 3.05) is 5.32 Å². The molecular formula is C15H15Cl2N3S. The summed E-state index contributed by atoms with van der Waals surface area (Å²) in [5.41, 5.74) is 8.25. The molecule has 6 heteroatoms. The third kappa shape index (κ3) is 4.06. The third-order valence-corrected chi connectivity index (χ3v) is 3.83. The number of nitrogens with one attached hydrogen (secondary N) is 1. The predicted molar refractivity (Wildman–Crippen MR) is 93.4 cm³/mol. The molecule has 1 aromatic carbocycles. The number of pyridine rings is 1. The molecule has 3 nitrogen and oxygen atoms in total. The fourth-order valence-corrected chi connectivity index (χ4v) is 2.73. The molecule has 0 saturated heterocycles. The number of benzene rings is 1. The molecule has 0 bridgehead atoms. The highest BCUT2D eigenvalue weighted by molar-refractivity contribution is 7.80. The molecule has 0 aliphatic heterocycles. The number of anilines is 1. The fraction of sp³-hybridized carbons (Fsp3) is 0.200. The van der Waals surface area contributed by atoms with Gasteiger partial charge in [-0.3, -0.25) is 0 Å². The number of hydrogen-bond donors (Lipinski definition) is 2. The Hall–Kier alpha value is -1.36. The average Bonchev–Trinajstić information content (AvgIpc) is 2.37. The number of nitrogens with two attached hydrogens (primary N) is 1. The Balaban J connectivity index is 2.27. The highest BCUT2D eigenvalue weighted by Gasteiger charge is 2.11. The number of hydrogen-bond acceptors (Lipinski definition) is 3. The van der Waals surface area contributed by atoms with Gasteiger partial charge in [0.1, 0.15) is 10.8 Å². The highest BCUT2D eigenvalue weighted by Crippen LogP contribution is 2.28. The number of halogens is 2. The first-order valence-corrected chi connectivity index (χ1v) is 7.53. The zero-order valence-electron chi connectivity index (χ0n) is 11.7. The molecule has 0 amide bonds. The van der Waals surface area contributed by atoms with E-state index < -0.39 is 0 Å². The van der Waals surface area contributed by atoms with Gasteiger partial charge in [-0.15, -0.1) is 0 Å². The maximum atomic E-state index is 6.22. The quantitative estimate of drug-likeness (QED) is 0.805. The standard InChI is InChI=1S/C15H15Cl2N3S/c1-8-5-10(15(18)21)6-14(19-8)20-9(2)12-4-3-11(16)7-13(12)17/h3-7,9H,1-2H3,(H2,18,21)(H,19,20). The summed E-state index contributed by atoms with van der Waals surface area (Å²) in [5.74, 6) is 0.705. The van der Waals surface area contributed by atoms with E-state index in [0.29, 0.717) is 20.9 Å². The summed E-state index contributed by atoms with van der Waals surface area (Å²) in [5, 5.41) is 4.53. The Morgan fingerprint density at radius 3 is 2.62 bits per heavy atom. The average molecular weight is 340 g/mol. The summed E-state index contributed by atoms with van der Waals surface area (Å²) in [6, 6.07) is 9.09. The van der Waals surface area contributed by atoms with Crippen molar-refractivity contribution in [3.8, 4) is 0 Å². The molecule has 21 heavy (non-hydrogen) atoms. The van der Waals surface area contributed by atoms with Crippen LogP contribution in [0.5, 0.6) is 0 Å². The van der Waals surface area contributed by atoms with Gasteiger partial charge in [0.25, 0.3) is 0 Å². The Morgan fingerprint density at radius 1 is 1.29 bits per heavy atom. The van der Waals surface area contributed by atoms with Gasteiger partial charge in [0.05, 0.1) is 6.04 Å². The lowest BCUT2D eigenvalue weighted by atomic mass is 10.1. The lowest BCUT2D eigenvalue weighted by Gasteiger charge is -2.17. The minimum atomic E-state index is -0.0248. The first kappa shape index (κ1) is 16.0.